The SMILES string of the molecule is CC(=O)NCCn1c(CCl)nc2cc(Br)ccc21. The van der Waals surface area contributed by atoms with E-state index in [0.717, 1.165) is 21.3 Å². The van der Waals surface area contributed by atoms with Crippen molar-refractivity contribution >= 4 is 44.5 Å². The van der Waals surface area contributed by atoms with Crippen LogP contribution in [-0.4, -0.2) is 22.0 Å². The molecule has 0 radical (unpaired) electrons. The Morgan fingerprint density at radius 3 is 3.00 bits per heavy atom. The van der Waals surface area contributed by atoms with Crippen LogP contribution < -0.4 is 5.32 Å². The highest BCUT2D eigenvalue weighted by molar-refractivity contribution is 9.10. The Morgan fingerprint density at radius 1 is 1.56 bits per heavy atom. The molecule has 0 unspecified atom stereocenters. The van der Waals surface area contributed by atoms with Crippen molar-refractivity contribution in [3.8, 4) is 0 Å². The molecule has 0 aliphatic rings. The third kappa shape index (κ3) is 2.84. The molecule has 1 N–H and O–H groups in total. The minimum Gasteiger partial charge on any atom is -0.355 e. The van der Waals surface area contributed by atoms with E-state index < -0.39 is 0 Å². The molecule has 6 heteroatoms. The van der Waals surface area contributed by atoms with Crippen molar-refractivity contribution in [1.82, 2.24) is 14.9 Å². The van der Waals surface area contributed by atoms with Crippen molar-refractivity contribution in [2.45, 2.75) is 19.3 Å². The van der Waals surface area contributed by atoms with E-state index in [1.165, 1.54) is 6.92 Å². The number of alkyl halides is 1. The van der Waals surface area contributed by atoms with Crippen LogP contribution in [-0.2, 0) is 17.2 Å². The highest BCUT2D eigenvalue weighted by Crippen LogP contribution is 2.21. The summed E-state index contributed by atoms with van der Waals surface area (Å²) in [5.41, 5.74) is 1.93. The van der Waals surface area contributed by atoms with Gasteiger partial charge < -0.3 is 9.88 Å². The minimum absolute atomic E-state index is 0.0328. The highest BCUT2D eigenvalue weighted by atomic mass is 79.9. The number of halogens is 2. The molecule has 0 fully saturated rings. The minimum atomic E-state index is -0.0328. The van der Waals surface area contributed by atoms with Crippen molar-refractivity contribution in [1.29, 1.82) is 0 Å². The molecular formula is C12H13BrClN3O. The normalized spacial score (nSPS) is 10.8. The summed E-state index contributed by atoms with van der Waals surface area (Å²) in [4.78, 5) is 15.3. The fraction of sp³-hybridized carbons (Fsp3) is 0.333. The maximum Gasteiger partial charge on any atom is 0.216 e. The second-order valence-corrected chi connectivity index (χ2v) is 5.11. The number of fused-ring (bicyclic) bond motifs is 1. The molecule has 1 amide bonds. The van der Waals surface area contributed by atoms with Gasteiger partial charge in [-0.2, -0.15) is 0 Å². The van der Waals surface area contributed by atoms with Gasteiger partial charge in [-0.1, -0.05) is 15.9 Å². The lowest BCUT2D eigenvalue weighted by Crippen LogP contribution is -2.24. The van der Waals surface area contributed by atoms with Crippen molar-refractivity contribution in [2.24, 2.45) is 0 Å². The second kappa shape index (κ2) is 5.71. The molecule has 2 aromatic rings. The van der Waals surface area contributed by atoms with Gasteiger partial charge in [-0.25, -0.2) is 4.98 Å². The zero-order valence-electron chi connectivity index (χ0n) is 9.91. The molecule has 1 aromatic heterocycles. The number of hydrogen-bond donors (Lipinski definition) is 1. The van der Waals surface area contributed by atoms with Gasteiger partial charge in [0.2, 0.25) is 5.91 Å². The van der Waals surface area contributed by atoms with Gasteiger partial charge in [-0.3, -0.25) is 4.79 Å². The summed E-state index contributed by atoms with van der Waals surface area (Å²) < 4.78 is 3.02. The standard InChI is InChI=1S/C12H13BrClN3O/c1-8(18)15-4-5-17-11-3-2-9(13)6-10(11)16-12(17)7-14/h2-3,6H,4-5,7H2,1H3,(H,15,18). The summed E-state index contributed by atoms with van der Waals surface area (Å²) in [6, 6.07) is 5.92. The smallest absolute Gasteiger partial charge is 0.216 e. The van der Waals surface area contributed by atoms with E-state index in [1.807, 2.05) is 22.8 Å². The van der Waals surface area contributed by atoms with Crippen molar-refractivity contribution in [3.63, 3.8) is 0 Å². The van der Waals surface area contributed by atoms with E-state index >= 15 is 0 Å². The van der Waals surface area contributed by atoms with Gasteiger partial charge in [0.1, 0.15) is 5.82 Å². The Labute approximate surface area is 118 Å². The van der Waals surface area contributed by atoms with Gasteiger partial charge in [0.15, 0.2) is 0 Å². The average Bonchev–Trinajstić information content (AvgIpc) is 2.66. The van der Waals surface area contributed by atoms with E-state index in [1.54, 1.807) is 0 Å². The van der Waals surface area contributed by atoms with Crippen LogP contribution in [0.5, 0.6) is 0 Å². The maximum atomic E-state index is 10.9. The number of nitrogens with one attached hydrogen (secondary N) is 1. The first-order valence-electron chi connectivity index (χ1n) is 5.57. The number of amides is 1. The van der Waals surface area contributed by atoms with Crippen LogP contribution >= 0.6 is 27.5 Å². The van der Waals surface area contributed by atoms with Crippen LogP contribution in [0.15, 0.2) is 22.7 Å². The summed E-state index contributed by atoms with van der Waals surface area (Å²) in [6.45, 7) is 2.74. The summed E-state index contributed by atoms with van der Waals surface area (Å²) >= 11 is 9.32. The van der Waals surface area contributed by atoms with Crippen LogP contribution in [0.25, 0.3) is 11.0 Å². The Morgan fingerprint density at radius 2 is 2.33 bits per heavy atom. The summed E-state index contributed by atoms with van der Waals surface area (Å²) in [5, 5.41) is 2.77. The average molecular weight is 331 g/mol. The molecule has 4 nitrogen and oxygen atoms in total. The lowest BCUT2D eigenvalue weighted by Gasteiger charge is -2.08. The molecule has 0 aliphatic carbocycles. The predicted octanol–water partition coefficient (Wildman–Crippen LogP) is 2.67. The molecular weight excluding hydrogens is 318 g/mol. The molecule has 1 heterocycles. The molecule has 0 aliphatic heterocycles. The Kier molecular flexibility index (Phi) is 4.24. The van der Waals surface area contributed by atoms with Crippen LogP contribution in [0.4, 0.5) is 0 Å². The molecule has 1 aromatic carbocycles. The first kappa shape index (κ1) is 13.4. The lowest BCUT2D eigenvalue weighted by molar-refractivity contribution is -0.118. The summed E-state index contributed by atoms with van der Waals surface area (Å²) in [7, 11) is 0. The molecule has 18 heavy (non-hydrogen) atoms. The fourth-order valence-corrected chi connectivity index (χ4v) is 2.40. The Hall–Kier alpha value is -1.07. The first-order chi connectivity index (χ1) is 8.61. The number of hydrogen-bond acceptors (Lipinski definition) is 2. The van der Waals surface area contributed by atoms with Gasteiger partial charge in [0.05, 0.1) is 16.9 Å². The predicted molar refractivity (Wildman–Crippen MR) is 75.7 cm³/mol. The van der Waals surface area contributed by atoms with E-state index in [4.69, 9.17) is 11.6 Å². The zero-order valence-corrected chi connectivity index (χ0v) is 12.3. The first-order valence-corrected chi connectivity index (χ1v) is 6.89. The van der Waals surface area contributed by atoms with Crippen LogP contribution in [0.1, 0.15) is 12.7 Å². The molecule has 2 rings (SSSR count). The molecule has 0 atom stereocenters. The summed E-state index contributed by atoms with van der Waals surface area (Å²) in [5.74, 6) is 1.14. The molecule has 0 saturated heterocycles. The molecule has 0 spiro atoms. The monoisotopic (exact) mass is 329 g/mol. The van der Waals surface area contributed by atoms with E-state index in [9.17, 15) is 4.79 Å². The number of carbonyl (C=O) groups is 1. The largest absolute Gasteiger partial charge is 0.355 e. The summed E-state index contributed by atoms with van der Waals surface area (Å²) in [6.07, 6.45) is 0. The number of nitrogens with zero attached hydrogens (tertiary/aromatic N) is 2. The third-order valence-corrected chi connectivity index (χ3v) is 3.35. The van der Waals surface area contributed by atoms with Crippen molar-refractivity contribution in [2.75, 3.05) is 6.54 Å². The van der Waals surface area contributed by atoms with Gasteiger partial charge in [0, 0.05) is 24.5 Å². The zero-order chi connectivity index (χ0) is 13.1. The lowest BCUT2D eigenvalue weighted by atomic mass is 10.3. The van der Waals surface area contributed by atoms with Gasteiger partial charge >= 0.3 is 0 Å². The van der Waals surface area contributed by atoms with Crippen LogP contribution in [0.3, 0.4) is 0 Å². The van der Waals surface area contributed by atoms with E-state index in [0.29, 0.717) is 19.0 Å². The number of rotatable bonds is 4. The highest BCUT2D eigenvalue weighted by Gasteiger charge is 2.09. The maximum absolute atomic E-state index is 10.9. The number of imidazole rings is 1. The van der Waals surface area contributed by atoms with Gasteiger partial charge in [0.25, 0.3) is 0 Å². The molecule has 0 bridgehead atoms. The van der Waals surface area contributed by atoms with Crippen molar-refractivity contribution in [3.05, 3.63) is 28.5 Å². The second-order valence-electron chi connectivity index (χ2n) is 3.93. The molecule has 96 valence electrons. The third-order valence-electron chi connectivity index (χ3n) is 2.62. The quantitative estimate of drug-likeness (QED) is 0.876. The Bertz CT molecular complexity index is 582. The van der Waals surface area contributed by atoms with Crippen LogP contribution in [0.2, 0.25) is 0 Å². The van der Waals surface area contributed by atoms with Gasteiger partial charge in [-0.05, 0) is 18.2 Å². The molecule has 0 saturated carbocycles. The Balaban J connectivity index is 2.31. The van der Waals surface area contributed by atoms with E-state index in [2.05, 4.69) is 26.2 Å². The van der Waals surface area contributed by atoms with Crippen molar-refractivity contribution < 1.29 is 4.79 Å². The fourth-order valence-electron chi connectivity index (χ4n) is 1.85. The topological polar surface area (TPSA) is 46.9 Å². The van der Waals surface area contributed by atoms with Crippen LogP contribution in [0, 0.1) is 0 Å². The number of benzene rings is 1. The van der Waals surface area contributed by atoms with E-state index in [-0.39, 0.29) is 5.91 Å². The number of carbonyl (C=O) groups excluding carboxylic acids is 1. The van der Waals surface area contributed by atoms with Gasteiger partial charge in [-0.15, -0.1) is 11.6 Å². The number of aromatic nitrogens is 2.